The molecule has 0 spiro atoms. The molecule has 1 aliphatic carbocycles. The van der Waals surface area contributed by atoms with Crippen LogP contribution >= 0.6 is 23.1 Å². The van der Waals surface area contributed by atoms with Crippen molar-refractivity contribution in [3.8, 4) is 6.07 Å². The third-order valence-corrected chi connectivity index (χ3v) is 5.97. The average Bonchev–Trinajstić information content (AvgIpc) is 3.37. The van der Waals surface area contributed by atoms with Gasteiger partial charge in [-0.05, 0) is 43.3 Å². The van der Waals surface area contributed by atoms with E-state index in [4.69, 9.17) is 5.26 Å². The number of nitriles is 1. The van der Waals surface area contributed by atoms with Gasteiger partial charge in [-0.1, -0.05) is 23.9 Å². The number of rotatable bonds is 6. The predicted molar refractivity (Wildman–Crippen MR) is 109 cm³/mol. The number of para-hydroxylation sites is 1. The molecule has 0 bridgehead atoms. The first-order chi connectivity index (χ1) is 13.1. The molecule has 2 N–H and O–H groups in total. The van der Waals surface area contributed by atoms with Crippen molar-refractivity contribution in [3.63, 3.8) is 0 Å². The Bertz CT molecular complexity index is 1040. The van der Waals surface area contributed by atoms with Crippen molar-refractivity contribution in [2.45, 2.75) is 36.2 Å². The van der Waals surface area contributed by atoms with Crippen LogP contribution in [0.2, 0.25) is 0 Å². The average molecular weight is 396 g/mol. The number of thiophene rings is 1. The summed E-state index contributed by atoms with van der Waals surface area (Å²) in [6.07, 6.45) is 2.31. The molecule has 3 aromatic rings. The zero-order valence-corrected chi connectivity index (χ0v) is 16.2. The Kier molecular flexibility index (Phi) is 4.97. The maximum atomic E-state index is 12.5. The summed E-state index contributed by atoms with van der Waals surface area (Å²) in [7, 11) is 0. The number of benzene rings is 1. The van der Waals surface area contributed by atoms with E-state index >= 15 is 0 Å². The van der Waals surface area contributed by atoms with E-state index in [-0.39, 0.29) is 5.91 Å². The molecule has 27 heavy (non-hydrogen) atoms. The highest BCUT2D eigenvalue weighted by Crippen LogP contribution is 2.31. The smallest absolute Gasteiger partial charge is 0.238 e. The van der Waals surface area contributed by atoms with E-state index in [1.807, 2.05) is 31.2 Å². The second kappa shape index (κ2) is 7.55. The van der Waals surface area contributed by atoms with Crippen LogP contribution in [0.1, 0.15) is 25.3 Å². The van der Waals surface area contributed by atoms with Gasteiger partial charge < -0.3 is 10.6 Å². The van der Waals surface area contributed by atoms with Crippen molar-refractivity contribution < 1.29 is 4.79 Å². The predicted octanol–water partition coefficient (Wildman–Crippen LogP) is 4.26. The van der Waals surface area contributed by atoms with Crippen LogP contribution in [0.4, 0.5) is 10.8 Å². The van der Waals surface area contributed by atoms with Crippen LogP contribution in [0.25, 0.3) is 10.9 Å². The second-order valence-corrected chi connectivity index (χ2v) is 8.54. The first-order valence-corrected chi connectivity index (χ1v) is 10.4. The number of carbonyl (C=O) groups excluding carboxylic acids is 1. The van der Waals surface area contributed by atoms with E-state index in [0.29, 0.717) is 21.8 Å². The Labute approximate surface area is 165 Å². The van der Waals surface area contributed by atoms with Crippen LogP contribution < -0.4 is 10.6 Å². The number of anilines is 2. The molecule has 0 saturated heterocycles. The summed E-state index contributed by atoms with van der Waals surface area (Å²) < 4.78 is 0. The van der Waals surface area contributed by atoms with Gasteiger partial charge >= 0.3 is 0 Å². The third kappa shape index (κ3) is 4.04. The number of nitrogens with one attached hydrogen (secondary N) is 2. The van der Waals surface area contributed by atoms with Crippen LogP contribution in [0.5, 0.6) is 0 Å². The molecule has 1 saturated carbocycles. The highest BCUT2D eigenvalue weighted by Gasteiger charge is 2.24. The minimum atomic E-state index is -0.395. The Morgan fingerprint density at radius 3 is 2.93 bits per heavy atom. The van der Waals surface area contributed by atoms with Gasteiger partial charge in [0.1, 0.15) is 16.9 Å². The molecule has 2 aromatic heterocycles. The minimum absolute atomic E-state index is 0.174. The maximum Gasteiger partial charge on any atom is 0.238 e. The van der Waals surface area contributed by atoms with E-state index in [0.717, 1.165) is 29.6 Å². The monoisotopic (exact) mass is 395 g/mol. The topological polar surface area (TPSA) is 90.7 Å². The fourth-order valence-corrected chi connectivity index (χ4v) is 4.08. The van der Waals surface area contributed by atoms with Gasteiger partial charge in [-0.3, -0.25) is 4.79 Å². The molecular weight excluding hydrogens is 378 g/mol. The largest absolute Gasteiger partial charge is 0.367 e. The number of hydrogen-bond donors (Lipinski definition) is 2. The summed E-state index contributed by atoms with van der Waals surface area (Å²) in [5.74, 6) is 0.649. The molecule has 2 heterocycles. The summed E-state index contributed by atoms with van der Waals surface area (Å²) >= 11 is 2.65. The van der Waals surface area contributed by atoms with Crippen molar-refractivity contribution in [2.75, 3.05) is 10.6 Å². The standard InChI is InChI=1S/C19H17N5OS2/c1-11(17(25)24-18-12(10-20)8-9-26-18)27-19-22-15-5-3-2-4-14(15)16(23-19)21-13-6-7-13/h2-5,8-9,11,13H,6-7H2,1H3,(H,24,25)(H,21,22,23). The Morgan fingerprint density at radius 1 is 1.33 bits per heavy atom. The van der Waals surface area contributed by atoms with E-state index in [1.165, 1.54) is 23.1 Å². The molecule has 1 unspecified atom stereocenters. The van der Waals surface area contributed by atoms with E-state index in [1.54, 1.807) is 11.4 Å². The molecule has 0 radical (unpaired) electrons. The Hall–Kier alpha value is -2.63. The van der Waals surface area contributed by atoms with E-state index < -0.39 is 5.25 Å². The summed E-state index contributed by atoms with van der Waals surface area (Å²) in [6.45, 7) is 1.81. The number of aromatic nitrogens is 2. The summed E-state index contributed by atoms with van der Waals surface area (Å²) in [4.78, 5) is 21.8. The van der Waals surface area contributed by atoms with Crippen LogP contribution in [-0.4, -0.2) is 27.2 Å². The first-order valence-electron chi connectivity index (χ1n) is 8.62. The molecule has 1 amide bonds. The van der Waals surface area contributed by atoms with E-state index in [9.17, 15) is 4.79 Å². The molecule has 1 aliphatic rings. The molecule has 1 atom stereocenters. The minimum Gasteiger partial charge on any atom is -0.367 e. The number of thioether (sulfide) groups is 1. The molecule has 1 fully saturated rings. The van der Waals surface area contributed by atoms with Crippen molar-refractivity contribution in [1.29, 1.82) is 5.26 Å². The molecule has 8 heteroatoms. The zero-order valence-electron chi connectivity index (χ0n) is 14.6. The van der Waals surface area contributed by atoms with E-state index in [2.05, 4.69) is 26.7 Å². The number of hydrogen-bond acceptors (Lipinski definition) is 7. The van der Waals surface area contributed by atoms with Crippen molar-refractivity contribution in [1.82, 2.24) is 9.97 Å². The van der Waals surface area contributed by atoms with Gasteiger partial charge in [0.05, 0.1) is 16.3 Å². The summed E-state index contributed by atoms with van der Waals surface area (Å²) in [5, 5.41) is 18.9. The number of carbonyl (C=O) groups is 1. The van der Waals surface area contributed by atoms with Crippen LogP contribution in [-0.2, 0) is 4.79 Å². The lowest BCUT2D eigenvalue weighted by Gasteiger charge is -2.13. The molecular formula is C19H17N5OS2. The quantitative estimate of drug-likeness (QED) is 0.479. The van der Waals surface area contributed by atoms with Crippen molar-refractivity contribution >= 4 is 50.7 Å². The van der Waals surface area contributed by atoms with Crippen LogP contribution in [0, 0.1) is 11.3 Å². The highest BCUT2D eigenvalue weighted by molar-refractivity contribution is 8.00. The highest BCUT2D eigenvalue weighted by atomic mass is 32.2. The number of amides is 1. The fraction of sp³-hybridized carbons (Fsp3) is 0.263. The number of nitrogens with zero attached hydrogens (tertiary/aromatic N) is 3. The lowest BCUT2D eigenvalue weighted by Crippen LogP contribution is -2.22. The fourth-order valence-electron chi connectivity index (χ4n) is 2.56. The van der Waals surface area contributed by atoms with Crippen molar-refractivity contribution in [3.05, 3.63) is 41.3 Å². The van der Waals surface area contributed by atoms with Crippen LogP contribution in [0.3, 0.4) is 0 Å². The first kappa shape index (κ1) is 17.8. The van der Waals surface area contributed by atoms with Gasteiger partial charge in [0.15, 0.2) is 5.16 Å². The zero-order chi connectivity index (χ0) is 18.8. The Morgan fingerprint density at radius 2 is 2.15 bits per heavy atom. The lowest BCUT2D eigenvalue weighted by atomic mass is 10.2. The third-order valence-electron chi connectivity index (χ3n) is 4.17. The van der Waals surface area contributed by atoms with Gasteiger partial charge in [-0.2, -0.15) is 5.26 Å². The molecule has 6 nitrogen and oxygen atoms in total. The number of fused-ring (bicyclic) bond motifs is 1. The van der Waals surface area contributed by atoms with Gasteiger partial charge in [0.2, 0.25) is 5.91 Å². The summed E-state index contributed by atoms with van der Waals surface area (Å²) in [5.41, 5.74) is 1.33. The van der Waals surface area contributed by atoms with Gasteiger partial charge in [-0.25, -0.2) is 9.97 Å². The maximum absolute atomic E-state index is 12.5. The molecule has 4 rings (SSSR count). The normalized spacial score (nSPS) is 14.5. The van der Waals surface area contributed by atoms with Gasteiger partial charge in [0, 0.05) is 11.4 Å². The summed E-state index contributed by atoms with van der Waals surface area (Å²) in [6, 6.07) is 12.1. The Balaban J connectivity index is 1.53. The van der Waals surface area contributed by atoms with Gasteiger partial charge in [-0.15, -0.1) is 11.3 Å². The van der Waals surface area contributed by atoms with Crippen molar-refractivity contribution in [2.24, 2.45) is 0 Å². The SMILES string of the molecule is CC(Sc1nc(NC2CC2)c2ccccc2n1)C(=O)Nc1sccc1C#N. The van der Waals surface area contributed by atoms with Crippen LogP contribution in [0.15, 0.2) is 40.9 Å². The lowest BCUT2D eigenvalue weighted by molar-refractivity contribution is -0.115. The van der Waals surface area contributed by atoms with Gasteiger partial charge in [0.25, 0.3) is 0 Å². The molecule has 136 valence electrons. The second-order valence-electron chi connectivity index (χ2n) is 6.32. The molecule has 1 aromatic carbocycles. The molecule has 0 aliphatic heterocycles.